The number of aliphatic carboxylic acids is 1. The maximum atomic E-state index is 12.3. The van der Waals surface area contributed by atoms with Gasteiger partial charge in [-0.2, -0.15) is 0 Å². The zero-order chi connectivity index (χ0) is 14.8. The molecule has 0 aromatic heterocycles. The number of rotatable bonds is 4. The maximum Gasteiger partial charge on any atom is 0.317 e. The molecule has 2 rings (SSSR count). The minimum Gasteiger partial charge on any atom is -0.481 e. The Morgan fingerprint density at radius 3 is 2.75 bits per heavy atom. The Morgan fingerprint density at radius 1 is 1.45 bits per heavy atom. The van der Waals surface area contributed by atoms with Crippen molar-refractivity contribution in [2.75, 3.05) is 20.2 Å². The first kappa shape index (κ1) is 15.1. The fraction of sp³-hybridized carbons (Fsp3) is 0.857. The van der Waals surface area contributed by atoms with Crippen LogP contribution in [0.5, 0.6) is 0 Å². The van der Waals surface area contributed by atoms with Gasteiger partial charge in [-0.3, -0.25) is 4.79 Å². The second kappa shape index (κ2) is 5.99. The third-order valence-electron chi connectivity index (χ3n) is 4.84. The Balaban J connectivity index is 1.93. The summed E-state index contributed by atoms with van der Waals surface area (Å²) in [5.74, 6) is -0.800. The molecule has 3 unspecified atom stereocenters. The second-order valence-corrected chi connectivity index (χ2v) is 5.87. The molecule has 20 heavy (non-hydrogen) atoms. The lowest BCUT2D eigenvalue weighted by Gasteiger charge is -2.26. The normalized spacial score (nSPS) is 33.4. The van der Waals surface area contributed by atoms with Crippen molar-refractivity contribution in [2.45, 2.75) is 51.2 Å². The van der Waals surface area contributed by atoms with Crippen LogP contribution in [-0.4, -0.2) is 54.4 Å². The molecule has 0 aromatic rings. The molecule has 6 nitrogen and oxygen atoms in total. The Bertz CT molecular complexity index is 387. The van der Waals surface area contributed by atoms with Crippen LogP contribution in [0, 0.1) is 5.41 Å². The van der Waals surface area contributed by atoms with Crippen molar-refractivity contribution in [2.24, 2.45) is 5.41 Å². The van der Waals surface area contributed by atoms with Crippen molar-refractivity contribution >= 4 is 12.0 Å². The van der Waals surface area contributed by atoms with Crippen molar-refractivity contribution in [1.82, 2.24) is 10.2 Å². The number of likely N-dealkylation sites (tertiary alicyclic amines) is 1. The Morgan fingerprint density at radius 2 is 2.20 bits per heavy atom. The van der Waals surface area contributed by atoms with E-state index < -0.39 is 11.4 Å². The number of amides is 2. The largest absolute Gasteiger partial charge is 0.481 e. The molecule has 2 fully saturated rings. The summed E-state index contributed by atoms with van der Waals surface area (Å²) in [5, 5.41) is 12.3. The predicted octanol–water partition coefficient (Wildman–Crippen LogP) is 1.45. The summed E-state index contributed by atoms with van der Waals surface area (Å²) in [6.07, 6.45) is 4.11. The van der Waals surface area contributed by atoms with E-state index in [4.69, 9.17) is 4.74 Å². The monoisotopic (exact) mass is 284 g/mol. The van der Waals surface area contributed by atoms with E-state index in [0.29, 0.717) is 25.9 Å². The highest BCUT2D eigenvalue weighted by Crippen LogP contribution is 2.34. The highest BCUT2D eigenvalue weighted by atomic mass is 16.5. The molecule has 2 aliphatic rings. The fourth-order valence-corrected chi connectivity index (χ4v) is 3.28. The van der Waals surface area contributed by atoms with Gasteiger partial charge in [-0.1, -0.05) is 6.92 Å². The Labute approximate surface area is 119 Å². The van der Waals surface area contributed by atoms with Gasteiger partial charge in [0.2, 0.25) is 0 Å². The van der Waals surface area contributed by atoms with Crippen LogP contribution in [0.15, 0.2) is 0 Å². The molecule has 0 spiro atoms. The van der Waals surface area contributed by atoms with E-state index in [1.165, 1.54) is 0 Å². The average molecular weight is 284 g/mol. The van der Waals surface area contributed by atoms with Gasteiger partial charge in [0, 0.05) is 20.2 Å². The predicted molar refractivity (Wildman–Crippen MR) is 73.5 cm³/mol. The summed E-state index contributed by atoms with van der Waals surface area (Å²) in [7, 11) is 1.66. The zero-order valence-corrected chi connectivity index (χ0v) is 12.2. The zero-order valence-electron chi connectivity index (χ0n) is 12.2. The van der Waals surface area contributed by atoms with Crippen LogP contribution in [0.3, 0.4) is 0 Å². The molecule has 1 aliphatic heterocycles. The van der Waals surface area contributed by atoms with Crippen LogP contribution in [0.2, 0.25) is 0 Å². The van der Waals surface area contributed by atoms with E-state index in [9.17, 15) is 14.7 Å². The van der Waals surface area contributed by atoms with Gasteiger partial charge in [0.25, 0.3) is 0 Å². The summed E-state index contributed by atoms with van der Waals surface area (Å²) >= 11 is 0. The summed E-state index contributed by atoms with van der Waals surface area (Å²) in [6, 6.07) is -0.107. The molecule has 1 aliphatic carbocycles. The number of carbonyl (C=O) groups is 2. The highest BCUT2D eigenvalue weighted by molar-refractivity contribution is 5.80. The van der Waals surface area contributed by atoms with Crippen molar-refractivity contribution in [3.8, 4) is 0 Å². The maximum absolute atomic E-state index is 12.3. The van der Waals surface area contributed by atoms with Crippen LogP contribution in [0.4, 0.5) is 4.79 Å². The quantitative estimate of drug-likeness (QED) is 0.819. The lowest BCUT2D eigenvalue weighted by molar-refractivity contribution is -0.148. The van der Waals surface area contributed by atoms with Gasteiger partial charge in [-0.15, -0.1) is 0 Å². The lowest BCUT2D eigenvalue weighted by atomic mass is 9.84. The molecule has 0 radical (unpaired) electrons. The van der Waals surface area contributed by atoms with Gasteiger partial charge >= 0.3 is 12.0 Å². The van der Waals surface area contributed by atoms with Crippen LogP contribution < -0.4 is 5.32 Å². The van der Waals surface area contributed by atoms with Crippen molar-refractivity contribution < 1.29 is 19.4 Å². The number of urea groups is 1. The average Bonchev–Trinajstić information content (AvgIpc) is 3.05. The van der Waals surface area contributed by atoms with Gasteiger partial charge in [-0.05, 0) is 32.1 Å². The van der Waals surface area contributed by atoms with E-state index in [0.717, 1.165) is 19.3 Å². The number of nitrogens with zero attached hydrogens (tertiary/aromatic N) is 1. The number of carbonyl (C=O) groups excluding carboxylic acids is 1. The number of hydrogen-bond donors (Lipinski definition) is 2. The standard InChI is InChI=1S/C14H24N2O4/c1-3-14(12(17)18)7-8-16(9-14)13(19)15-10-5-4-6-11(10)20-2/h10-11H,3-9H2,1-2H3,(H,15,19)(H,17,18). The van der Waals surface area contributed by atoms with Gasteiger partial charge in [-0.25, -0.2) is 4.79 Å². The van der Waals surface area contributed by atoms with E-state index >= 15 is 0 Å². The summed E-state index contributed by atoms with van der Waals surface area (Å²) in [5.41, 5.74) is -0.770. The van der Waals surface area contributed by atoms with E-state index in [1.807, 2.05) is 6.92 Å². The first-order chi connectivity index (χ1) is 9.52. The third-order valence-corrected chi connectivity index (χ3v) is 4.84. The topological polar surface area (TPSA) is 78.9 Å². The van der Waals surface area contributed by atoms with Crippen LogP contribution >= 0.6 is 0 Å². The number of nitrogens with one attached hydrogen (secondary N) is 1. The van der Waals surface area contributed by atoms with Gasteiger partial charge in [0.05, 0.1) is 17.6 Å². The van der Waals surface area contributed by atoms with E-state index in [-0.39, 0.29) is 18.2 Å². The molecule has 3 atom stereocenters. The molecular weight excluding hydrogens is 260 g/mol. The summed E-state index contributed by atoms with van der Waals surface area (Å²) in [6.45, 7) is 2.68. The molecule has 1 saturated carbocycles. The Kier molecular flexibility index (Phi) is 4.52. The van der Waals surface area contributed by atoms with Crippen LogP contribution in [0.1, 0.15) is 39.0 Å². The molecule has 6 heteroatoms. The third kappa shape index (κ3) is 2.75. The van der Waals surface area contributed by atoms with E-state index in [2.05, 4.69) is 5.32 Å². The SMILES string of the molecule is CCC1(C(=O)O)CCN(C(=O)NC2CCCC2OC)C1. The summed E-state index contributed by atoms with van der Waals surface area (Å²) in [4.78, 5) is 25.3. The first-order valence-corrected chi connectivity index (χ1v) is 7.34. The van der Waals surface area contributed by atoms with Crippen molar-refractivity contribution in [3.05, 3.63) is 0 Å². The minimum absolute atomic E-state index is 0.0500. The van der Waals surface area contributed by atoms with Gasteiger partial charge in [0.1, 0.15) is 0 Å². The van der Waals surface area contributed by atoms with Crippen molar-refractivity contribution in [1.29, 1.82) is 0 Å². The van der Waals surface area contributed by atoms with E-state index in [1.54, 1.807) is 12.0 Å². The van der Waals surface area contributed by atoms with Gasteiger partial charge < -0.3 is 20.1 Å². The number of carboxylic acids is 1. The number of methoxy groups -OCH3 is 1. The molecule has 2 amide bonds. The lowest BCUT2D eigenvalue weighted by Crippen LogP contribution is -2.48. The molecular formula is C14H24N2O4. The fourth-order valence-electron chi connectivity index (χ4n) is 3.28. The molecule has 1 heterocycles. The number of hydrogen-bond acceptors (Lipinski definition) is 3. The van der Waals surface area contributed by atoms with Crippen LogP contribution in [0.25, 0.3) is 0 Å². The smallest absolute Gasteiger partial charge is 0.317 e. The van der Waals surface area contributed by atoms with Gasteiger partial charge in [0.15, 0.2) is 0 Å². The van der Waals surface area contributed by atoms with Crippen LogP contribution in [-0.2, 0) is 9.53 Å². The molecule has 2 N–H and O–H groups in total. The minimum atomic E-state index is -0.800. The summed E-state index contributed by atoms with van der Waals surface area (Å²) < 4.78 is 5.36. The second-order valence-electron chi connectivity index (χ2n) is 5.87. The molecule has 114 valence electrons. The number of ether oxygens (including phenoxy) is 1. The first-order valence-electron chi connectivity index (χ1n) is 7.34. The Hall–Kier alpha value is -1.30. The van der Waals surface area contributed by atoms with Crippen molar-refractivity contribution in [3.63, 3.8) is 0 Å². The molecule has 0 aromatic carbocycles. The molecule has 1 saturated heterocycles. The molecule has 0 bridgehead atoms. The highest BCUT2D eigenvalue weighted by Gasteiger charge is 2.45. The number of carboxylic acid groups (broad SMARTS) is 1.